The lowest BCUT2D eigenvalue weighted by atomic mass is 10.1. The standard InChI is InChI=1S/C16H25NO3S/c1-2-12-21(19,20)16-11-7-6-9-14(16)17-13-8-4-3-5-10-15(13)18/h6-7,9,11,13,15,17-18H,2-5,8,10,12H2,1H3. The Bertz CT molecular complexity index is 556. The van der Waals surface area contributed by atoms with Gasteiger partial charge in [0.25, 0.3) is 0 Å². The molecule has 1 aromatic rings. The van der Waals surface area contributed by atoms with Crippen molar-refractivity contribution in [1.29, 1.82) is 0 Å². The molecule has 2 rings (SSSR count). The van der Waals surface area contributed by atoms with E-state index in [9.17, 15) is 13.5 Å². The molecule has 2 unspecified atom stereocenters. The van der Waals surface area contributed by atoms with Crippen molar-refractivity contribution in [2.24, 2.45) is 0 Å². The molecule has 0 aromatic heterocycles. The van der Waals surface area contributed by atoms with Crippen molar-refractivity contribution in [3.8, 4) is 0 Å². The van der Waals surface area contributed by atoms with Crippen LogP contribution in [0.4, 0.5) is 5.69 Å². The zero-order valence-electron chi connectivity index (χ0n) is 12.6. The molecule has 1 aromatic carbocycles. The molecular formula is C16H25NO3S. The summed E-state index contributed by atoms with van der Waals surface area (Å²) in [6, 6.07) is 6.95. The number of benzene rings is 1. The van der Waals surface area contributed by atoms with Crippen LogP contribution in [0, 0.1) is 0 Å². The Kier molecular flexibility index (Phi) is 5.65. The molecule has 0 spiro atoms. The van der Waals surface area contributed by atoms with E-state index in [-0.39, 0.29) is 11.8 Å². The number of para-hydroxylation sites is 1. The summed E-state index contributed by atoms with van der Waals surface area (Å²) in [5.41, 5.74) is 0.622. The molecule has 0 saturated heterocycles. The Hall–Kier alpha value is -1.07. The minimum Gasteiger partial charge on any atom is -0.391 e. The molecule has 1 fully saturated rings. The number of sulfone groups is 1. The highest BCUT2D eigenvalue weighted by Gasteiger charge is 2.24. The number of anilines is 1. The lowest BCUT2D eigenvalue weighted by molar-refractivity contribution is 0.144. The van der Waals surface area contributed by atoms with Gasteiger partial charge in [-0.3, -0.25) is 0 Å². The van der Waals surface area contributed by atoms with Gasteiger partial charge >= 0.3 is 0 Å². The number of aliphatic hydroxyl groups excluding tert-OH is 1. The van der Waals surface area contributed by atoms with Crippen LogP contribution < -0.4 is 5.32 Å². The zero-order valence-corrected chi connectivity index (χ0v) is 13.4. The number of nitrogens with one attached hydrogen (secondary N) is 1. The minimum absolute atomic E-state index is 0.0644. The van der Waals surface area contributed by atoms with E-state index < -0.39 is 15.9 Å². The van der Waals surface area contributed by atoms with Gasteiger partial charge in [0.1, 0.15) is 0 Å². The summed E-state index contributed by atoms with van der Waals surface area (Å²) in [4.78, 5) is 0.350. The number of rotatable bonds is 5. The summed E-state index contributed by atoms with van der Waals surface area (Å²) in [5.74, 6) is 0.152. The first-order chi connectivity index (χ1) is 10.0. The SMILES string of the molecule is CCCS(=O)(=O)c1ccccc1NC1CCCCCC1O. The van der Waals surface area contributed by atoms with Crippen molar-refractivity contribution in [2.75, 3.05) is 11.1 Å². The second kappa shape index (κ2) is 7.27. The van der Waals surface area contributed by atoms with Crippen molar-refractivity contribution in [2.45, 2.75) is 62.5 Å². The largest absolute Gasteiger partial charge is 0.391 e. The van der Waals surface area contributed by atoms with Crippen molar-refractivity contribution in [3.05, 3.63) is 24.3 Å². The summed E-state index contributed by atoms with van der Waals surface area (Å²) in [7, 11) is -3.26. The van der Waals surface area contributed by atoms with Gasteiger partial charge in [-0.15, -0.1) is 0 Å². The Labute approximate surface area is 127 Å². The molecule has 21 heavy (non-hydrogen) atoms. The average molecular weight is 311 g/mol. The van der Waals surface area contributed by atoms with Crippen molar-refractivity contribution in [1.82, 2.24) is 0 Å². The fraction of sp³-hybridized carbons (Fsp3) is 0.625. The van der Waals surface area contributed by atoms with Gasteiger partial charge in [-0.2, -0.15) is 0 Å². The van der Waals surface area contributed by atoms with Gasteiger partial charge in [0.15, 0.2) is 9.84 Å². The number of hydrogen-bond acceptors (Lipinski definition) is 4. The predicted octanol–water partition coefficient (Wildman–Crippen LogP) is 2.98. The van der Waals surface area contributed by atoms with Gasteiger partial charge in [0.2, 0.25) is 0 Å². The molecule has 2 atom stereocenters. The molecule has 0 heterocycles. The smallest absolute Gasteiger partial charge is 0.180 e. The van der Waals surface area contributed by atoms with Crippen LogP contribution in [-0.2, 0) is 9.84 Å². The summed E-state index contributed by atoms with van der Waals surface area (Å²) in [5, 5.41) is 13.5. The minimum atomic E-state index is -3.26. The monoisotopic (exact) mass is 311 g/mol. The lowest BCUT2D eigenvalue weighted by Gasteiger charge is -2.24. The number of aliphatic hydroxyl groups is 1. The summed E-state index contributed by atoms with van der Waals surface area (Å²) in [6.07, 6.45) is 5.08. The summed E-state index contributed by atoms with van der Waals surface area (Å²) >= 11 is 0. The summed E-state index contributed by atoms with van der Waals surface area (Å²) < 4.78 is 24.7. The van der Waals surface area contributed by atoms with Crippen molar-refractivity contribution >= 4 is 15.5 Å². The third-order valence-corrected chi connectivity index (χ3v) is 5.99. The second-order valence-electron chi connectivity index (χ2n) is 5.77. The van der Waals surface area contributed by atoms with Gasteiger partial charge in [0, 0.05) is 0 Å². The van der Waals surface area contributed by atoms with Crippen molar-refractivity contribution < 1.29 is 13.5 Å². The molecule has 1 aliphatic rings. The van der Waals surface area contributed by atoms with E-state index in [2.05, 4.69) is 5.32 Å². The zero-order chi connectivity index (χ0) is 15.3. The first-order valence-corrected chi connectivity index (χ1v) is 9.46. The van der Waals surface area contributed by atoms with Crippen LogP contribution in [0.25, 0.3) is 0 Å². The van der Waals surface area contributed by atoms with E-state index in [0.717, 1.165) is 32.1 Å². The van der Waals surface area contributed by atoms with Gasteiger partial charge in [-0.25, -0.2) is 8.42 Å². The normalized spacial score (nSPS) is 23.5. The quantitative estimate of drug-likeness (QED) is 0.820. The van der Waals surface area contributed by atoms with Crippen molar-refractivity contribution in [3.63, 3.8) is 0 Å². The summed E-state index contributed by atoms with van der Waals surface area (Å²) in [6.45, 7) is 1.86. The van der Waals surface area contributed by atoms with Crippen LogP contribution in [-0.4, -0.2) is 31.4 Å². The van der Waals surface area contributed by atoms with E-state index in [0.29, 0.717) is 17.0 Å². The molecule has 4 nitrogen and oxygen atoms in total. The third kappa shape index (κ3) is 4.20. The fourth-order valence-corrected chi connectivity index (χ4v) is 4.40. The fourth-order valence-electron chi connectivity index (χ4n) is 2.89. The highest BCUT2D eigenvalue weighted by molar-refractivity contribution is 7.91. The van der Waals surface area contributed by atoms with Crippen LogP contribution in [0.1, 0.15) is 45.4 Å². The molecule has 1 aliphatic carbocycles. The second-order valence-corrected chi connectivity index (χ2v) is 7.85. The van der Waals surface area contributed by atoms with Gasteiger partial charge in [-0.05, 0) is 31.4 Å². The van der Waals surface area contributed by atoms with E-state index >= 15 is 0 Å². The maximum Gasteiger partial charge on any atom is 0.180 e. The van der Waals surface area contributed by atoms with Gasteiger partial charge in [-0.1, -0.05) is 38.3 Å². The molecule has 0 radical (unpaired) electrons. The van der Waals surface area contributed by atoms with Crippen LogP contribution >= 0.6 is 0 Å². The third-order valence-electron chi connectivity index (χ3n) is 4.02. The predicted molar refractivity (Wildman–Crippen MR) is 85.3 cm³/mol. The lowest BCUT2D eigenvalue weighted by Crippen LogP contribution is -2.33. The highest BCUT2D eigenvalue weighted by Crippen LogP contribution is 2.27. The molecule has 0 aliphatic heterocycles. The van der Waals surface area contributed by atoms with Crippen LogP contribution in [0.3, 0.4) is 0 Å². The van der Waals surface area contributed by atoms with E-state index in [1.807, 2.05) is 13.0 Å². The van der Waals surface area contributed by atoms with Crippen LogP contribution in [0.15, 0.2) is 29.2 Å². The average Bonchev–Trinajstić information content (AvgIpc) is 2.65. The first kappa shape index (κ1) is 16.3. The van der Waals surface area contributed by atoms with E-state index in [1.165, 1.54) is 0 Å². The molecule has 0 bridgehead atoms. The molecule has 0 amide bonds. The van der Waals surface area contributed by atoms with Gasteiger partial charge in [0.05, 0.1) is 28.5 Å². The Morgan fingerprint density at radius 2 is 1.90 bits per heavy atom. The Morgan fingerprint density at radius 1 is 1.19 bits per heavy atom. The van der Waals surface area contributed by atoms with Crippen LogP contribution in [0.2, 0.25) is 0 Å². The molecule has 2 N–H and O–H groups in total. The van der Waals surface area contributed by atoms with Crippen LogP contribution in [0.5, 0.6) is 0 Å². The van der Waals surface area contributed by atoms with Gasteiger partial charge < -0.3 is 10.4 Å². The van der Waals surface area contributed by atoms with E-state index in [4.69, 9.17) is 0 Å². The molecule has 5 heteroatoms. The molecule has 118 valence electrons. The molecular weight excluding hydrogens is 286 g/mol. The maximum atomic E-state index is 12.3. The Morgan fingerprint density at radius 3 is 2.67 bits per heavy atom. The maximum absolute atomic E-state index is 12.3. The number of hydrogen-bond donors (Lipinski definition) is 2. The molecule has 1 saturated carbocycles. The highest BCUT2D eigenvalue weighted by atomic mass is 32.2. The first-order valence-electron chi connectivity index (χ1n) is 7.81. The Balaban J connectivity index is 2.24. The topological polar surface area (TPSA) is 66.4 Å². The van der Waals surface area contributed by atoms with E-state index in [1.54, 1.807) is 18.2 Å².